The van der Waals surface area contributed by atoms with Gasteiger partial charge in [0.1, 0.15) is 5.75 Å². The van der Waals surface area contributed by atoms with Crippen LogP contribution in [0.4, 0.5) is 0 Å². The summed E-state index contributed by atoms with van der Waals surface area (Å²) in [5.41, 5.74) is 9.94. The number of benzene rings is 1. The Morgan fingerprint density at radius 1 is 1.12 bits per heavy atom. The highest BCUT2D eigenvalue weighted by Gasteiger charge is 2.13. The van der Waals surface area contributed by atoms with Crippen molar-refractivity contribution in [3.8, 4) is 5.75 Å². The summed E-state index contributed by atoms with van der Waals surface area (Å²) in [4.78, 5) is 0. The molecule has 0 radical (unpaired) electrons. The maximum absolute atomic E-state index is 5.54. The predicted molar refractivity (Wildman–Crippen MR) is 71.6 cm³/mol. The molecular weight excluding hydrogens is 210 g/mol. The van der Waals surface area contributed by atoms with E-state index >= 15 is 0 Å². The normalized spacial score (nSPS) is 14.5. The van der Waals surface area contributed by atoms with E-state index in [9.17, 15) is 0 Å². The van der Waals surface area contributed by atoms with E-state index in [1.165, 1.54) is 36.8 Å². The molecule has 0 fully saturated rings. The molecule has 2 nitrogen and oxygen atoms in total. The summed E-state index contributed by atoms with van der Waals surface area (Å²) in [6.07, 6.45) is 8.46. The Kier molecular flexibility index (Phi) is 4.43. The van der Waals surface area contributed by atoms with Crippen LogP contribution in [0.5, 0.6) is 5.75 Å². The SMILES string of the molecule is COc1cc2c(cc1CCCCN)CCCC2. The van der Waals surface area contributed by atoms with E-state index in [4.69, 9.17) is 10.5 Å². The first-order valence-corrected chi connectivity index (χ1v) is 6.74. The Labute approximate surface area is 104 Å². The lowest BCUT2D eigenvalue weighted by Gasteiger charge is -2.19. The molecule has 0 spiro atoms. The number of hydrogen-bond acceptors (Lipinski definition) is 2. The molecule has 1 aromatic carbocycles. The van der Waals surface area contributed by atoms with Gasteiger partial charge in [-0.2, -0.15) is 0 Å². The minimum atomic E-state index is 0.785. The zero-order valence-corrected chi connectivity index (χ0v) is 10.8. The lowest BCUT2D eigenvalue weighted by molar-refractivity contribution is 0.407. The molecule has 0 saturated heterocycles. The van der Waals surface area contributed by atoms with Crippen LogP contribution in [0.15, 0.2) is 12.1 Å². The fourth-order valence-corrected chi connectivity index (χ4v) is 2.66. The molecule has 0 aromatic heterocycles. The zero-order valence-electron chi connectivity index (χ0n) is 10.8. The monoisotopic (exact) mass is 233 g/mol. The van der Waals surface area contributed by atoms with Gasteiger partial charge in [-0.15, -0.1) is 0 Å². The maximum Gasteiger partial charge on any atom is 0.122 e. The second-order valence-corrected chi connectivity index (χ2v) is 4.89. The zero-order chi connectivity index (χ0) is 12.1. The molecule has 17 heavy (non-hydrogen) atoms. The summed E-state index contributed by atoms with van der Waals surface area (Å²) in [6.45, 7) is 0.785. The summed E-state index contributed by atoms with van der Waals surface area (Å²) in [7, 11) is 1.77. The third-order valence-electron chi connectivity index (χ3n) is 3.65. The first-order valence-electron chi connectivity index (χ1n) is 6.74. The van der Waals surface area contributed by atoms with E-state index in [1.54, 1.807) is 12.7 Å². The van der Waals surface area contributed by atoms with Crippen molar-refractivity contribution >= 4 is 0 Å². The predicted octanol–water partition coefficient (Wildman–Crippen LogP) is 2.86. The van der Waals surface area contributed by atoms with Crippen LogP contribution >= 0.6 is 0 Å². The molecule has 0 bridgehead atoms. The van der Waals surface area contributed by atoms with E-state index < -0.39 is 0 Å². The number of hydrogen-bond donors (Lipinski definition) is 1. The molecule has 94 valence electrons. The van der Waals surface area contributed by atoms with Crippen molar-refractivity contribution in [2.45, 2.75) is 44.9 Å². The number of ether oxygens (including phenoxy) is 1. The molecule has 1 aliphatic carbocycles. The van der Waals surface area contributed by atoms with Gasteiger partial charge in [0, 0.05) is 0 Å². The highest BCUT2D eigenvalue weighted by atomic mass is 16.5. The summed E-state index contributed by atoms with van der Waals surface area (Å²) >= 11 is 0. The Hall–Kier alpha value is -1.02. The van der Waals surface area contributed by atoms with Crippen LogP contribution in [0.2, 0.25) is 0 Å². The van der Waals surface area contributed by atoms with Crippen molar-refractivity contribution in [2.24, 2.45) is 5.73 Å². The largest absolute Gasteiger partial charge is 0.496 e. The van der Waals surface area contributed by atoms with Gasteiger partial charge in [-0.1, -0.05) is 6.07 Å². The number of aryl methyl sites for hydroxylation is 3. The van der Waals surface area contributed by atoms with Crippen LogP contribution in [0.1, 0.15) is 42.4 Å². The smallest absolute Gasteiger partial charge is 0.122 e. The molecule has 0 unspecified atom stereocenters. The standard InChI is InChI=1S/C15H23NO/c1-17-15-11-13-7-3-2-6-12(13)10-14(15)8-4-5-9-16/h10-11H,2-9,16H2,1H3. The average Bonchev–Trinajstić information content (AvgIpc) is 2.38. The van der Waals surface area contributed by atoms with E-state index in [2.05, 4.69) is 12.1 Å². The second kappa shape index (κ2) is 6.06. The van der Waals surface area contributed by atoms with Crippen LogP contribution in [0.3, 0.4) is 0 Å². The number of nitrogens with two attached hydrogens (primary N) is 1. The first kappa shape index (κ1) is 12.4. The van der Waals surface area contributed by atoms with Gasteiger partial charge in [0.2, 0.25) is 0 Å². The van der Waals surface area contributed by atoms with Crippen LogP contribution < -0.4 is 10.5 Å². The molecule has 1 aliphatic rings. The summed E-state index contributed by atoms with van der Waals surface area (Å²) in [5.74, 6) is 1.07. The van der Waals surface area contributed by atoms with E-state index in [1.807, 2.05) is 0 Å². The molecule has 2 rings (SSSR count). The highest BCUT2D eigenvalue weighted by molar-refractivity contribution is 5.44. The van der Waals surface area contributed by atoms with Crippen LogP contribution in [0.25, 0.3) is 0 Å². The quantitative estimate of drug-likeness (QED) is 0.794. The maximum atomic E-state index is 5.54. The fourth-order valence-electron chi connectivity index (χ4n) is 2.66. The molecule has 0 heterocycles. The molecule has 0 aliphatic heterocycles. The van der Waals surface area contributed by atoms with Gasteiger partial charge in [0.15, 0.2) is 0 Å². The fraction of sp³-hybridized carbons (Fsp3) is 0.600. The van der Waals surface area contributed by atoms with Crippen molar-refractivity contribution < 1.29 is 4.74 Å². The second-order valence-electron chi connectivity index (χ2n) is 4.89. The number of methoxy groups -OCH3 is 1. The van der Waals surface area contributed by atoms with E-state index in [0.29, 0.717) is 0 Å². The van der Waals surface area contributed by atoms with Crippen molar-refractivity contribution in [1.29, 1.82) is 0 Å². The lowest BCUT2D eigenvalue weighted by atomic mass is 9.89. The molecule has 0 saturated carbocycles. The van der Waals surface area contributed by atoms with E-state index in [-0.39, 0.29) is 0 Å². The summed E-state index contributed by atoms with van der Waals surface area (Å²) in [5, 5.41) is 0. The first-order chi connectivity index (χ1) is 8.35. The molecule has 0 atom stereocenters. The minimum Gasteiger partial charge on any atom is -0.496 e. The Morgan fingerprint density at radius 3 is 2.47 bits per heavy atom. The van der Waals surface area contributed by atoms with Crippen LogP contribution in [-0.2, 0) is 19.3 Å². The summed E-state index contributed by atoms with van der Waals surface area (Å²) in [6, 6.07) is 4.62. The third kappa shape index (κ3) is 3.01. The number of unbranched alkanes of at least 4 members (excludes halogenated alkanes) is 1. The highest BCUT2D eigenvalue weighted by Crippen LogP contribution is 2.29. The van der Waals surface area contributed by atoms with Gasteiger partial charge in [0.05, 0.1) is 7.11 Å². The molecule has 1 aromatic rings. The van der Waals surface area contributed by atoms with Gasteiger partial charge in [0.25, 0.3) is 0 Å². The number of fused-ring (bicyclic) bond motifs is 1. The van der Waals surface area contributed by atoms with Gasteiger partial charge in [-0.25, -0.2) is 0 Å². The minimum absolute atomic E-state index is 0.785. The number of rotatable bonds is 5. The summed E-state index contributed by atoms with van der Waals surface area (Å²) < 4.78 is 5.51. The van der Waals surface area contributed by atoms with Gasteiger partial charge in [-0.05, 0) is 74.2 Å². The average molecular weight is 233 g/mol. The van der Waals surface area contributed by atoms with Crippen LogP contribution in [-0.4, -0.2) is 13.7 Å². The Morgan fingerprint density at radius 2 is 1.82 bits per heavy atom. The van der Waals surface area contributed by atoms with Gasteiger partial charge < -0.3 is 10.5 Å². The lowest BCUT2D eigenvalue weighted by Crippen LogP contribution is -2.06. The molecular formula is C15H23NO. The van der Waals surface area contributed by atoms with Gasteiger partial charge >= 0.3 is 0 Å². The molecule has 2 heteroatoms. The van der Waals surface area contributed by atoms with Crippen LogP contribution in [0, 0.1) is 0 Å². The van der Waals surface area contributed by atoms with Crippen molar-refractivity contribution in [3.63, 3.8) is 0 Å². The van der Waals surface area contributed by atoms with Crippen molar-refractivity contribution in [2.75, 3.05) is 13.7 Å². The van der Waals surface area contributed by atoms with Crippen molar-refractivity contribution in [1.82, 2.24) is 0 Å². The van der Waals surface area contributed by atoms with Gasteiger partial charge in [-0.3, -0.25) is 0 Å². The topological polar surface area (TPSA) is 35.2 Å². The molecule has 2 N–H and O–H groups in total. The Balaban J connectivity index is 2.17. The van der Waals surface area contributed by atoms with Crippen molar-refractivity contribution in [3.05, 3.63) is 28.8 Å². The third-order valence-corrected chi connectivity index (χ3v) is 3.65. The van der Waals surface area contributed by atoms with E-state index in [0.717, 1.165) is 31.6 Å². The molecule has 0 amide bonds. The Bertz CT molecular complexity index is 373.